The molecule has 1 aromatic rings. The molecule has 4 rings (SSSR count). The van der Waals surface area contributed by atoms with Gasteiger partial charge in [-0.1, -0.05) is 30.3 Å². The summed E-state index contributed by atoms with van der Waals surface area (Å²) in [5.74, 6) is 0.467. The molecule has 3 aliphatic heterocycles. The number of rotatable bonds is 2. The number of amides is 1. The smallest absolute Gasteiger partial charge is 0.224 e. The quantitative estimate of drug-likeness (QED) is 0.833. The van der Waals surface area contributed by atoms with Gasteiger partial charge in [0.05, 0.1) is 5.92 Å². The monoisotopic (exact) mass is 230 g/mol. The standard InChI is InChI=1S/C14H18N2O/c17-14-12-6-7-13(15-14)10-16(9-12)8-11-4-2-1-3-5-11/h1-5,12-13H,6-10H2,(H,15,17)/t12-,13-/m1/s1. The molecular weight excluding hydrogens is 212 g/mol. The molecule has 17 heavy (non-hydrogen) atoms. The molecule has 3 aliphatic rings. The third kappa shape index (κ3) is 2.34. The Kier molecular flexibility index (Phi) is 2.85. The van der Waals surface area contributed by atoms with Crippen LogP contribution in [0.5, 0.6) is 0 Å². The maximum Gasteiger partial charge on any atom is 0.224 e. The van der Waals surface area contributed by atoms with E-state index in [1.54, 1.807) is 0 Å². The minimum Gasteiger partial charge on any atom is -0.352 e. The summed E-state index contributed by atoms with van der Waals surface area (Å²) in [7, 11) is 0. The van der Waals surface area contributed by atoms with E-state index >= 15 is 0 Å². The summed E-state index contributed by atoms with van der Waals surface area (Å²) < 4.78 is 0. The molecule has 90 valence electrons. The van der Waals surface area contributed by atoms with Crippen molar-refractivity contribution < 1.29 is 4.79 Å². The summed E-state index contributed by atoms with van der Waals surface area (Å²) in [6, 6.07) is 10.9. The first-order valence-electron chi connectivity index (χ1n) is 6.38. The first-order valence-corrected chi connectivity index (χ1v) is 6.38. The van der Waals surface area contributed by atoms with E-state index in [1.165, 1.54) is 5.56 Å². The number of hydrogen-bond donors (Lipinski definition) is 1. The topological polar surface area (TPSA) is 32.3 Å². The van der Waals surface area contributed by atoms with Crippen LogP contribution in [0, 0.1) is 5.92 Å². The largest absolute Gasteiger partial charge is 0.352 e. The minimum atomic E-state index is 0.206. The van der Waals surface area contributed by atoms with Gasteiger partial charge in [-0.25, -0.2) is 0 Å². The molecule has 1 aromatic carbocycles. The maximum atomic E-state index is 11.7. The molecule has 2 bridgehead atoms. The summed E-state index contributed by atoms with van der Waals surface area (Å²) in [5, 5.41) is 3.11. The van der Waals surface area contributed by atoms with Crippen molar-refractivity contribution in [3.63, 3.8) is 0 Å². The third-order valence-corrected chi connectivity index (χ3v) is 3.79. The Morgan fingerprint density at radius 1 is 1.18 bits per heavy atom. The highest BCUT2D eigenvalue weighted by Crippen LogP contribution is 2.23. The Morgan fingerprint density at radius 2 is 2.00 bits per heavy atom. The van der Waals surface area contributed by atoms with E-state index in [9.17, 15) is 4.79 Å². The zero-order valence-corrected chi connectivity index (χ0v) is 9.93. The van der Waals surface area contributed by atoms with Crippen LogP contribution in [-0.2, 0) is 11.3 Å². The lowest BCUT2D eigenvalue weighted by atomic mass is 9.96. The number of carbonyl (C=O) groups is 1. The van der Waals surface area contributed by atoms with Gasteiger partial charge in [0.15, 0.2) is 0 Å². The Balaban J connectivity index is 1.71. The summed E-state index contributed by atoms with van der Waals surface area (Å²) in [5.41, 5.74) is 1.33. The minimum absolute atomic E-state index is 0.206. The van der Waals surface area contributed by atoms with E-state index in [4.69, 9.17) is 0 Å². The molecule has 3 saturated heterocycles. The molecule has 1 amide bonds. The summed E-state index contributed by atoms with van der Waals surface area (Å²) in [6.07, 6.45) is 2.20. The van der Waals surface area contributed by atoms with E-state index in [1.807, 2.05) is 6.07 Å². The van der Waals surface area contributed by atoms with Gasteiger partial charge in [-0.2, -0.15) is 0 Å². The van der Waals surface area contributed by atoms with Crippen molar-refractivity contribution in [3.05, 3.63) is 35.9 Å². The van der Waals surface area contributed by atoms with Crippen LogP contribution in [-0.4, -0.2) is 29.9 Å². The highest BCUT2D eigenvalue weighted by molar-refractivity contribution is 5.80. The van der Waals surface area contributed by atoms with E-state index in [2.05, 4.69) is 34.5 Å². The van der Waals surface area contributed by atoms with Crippen molar-refractivity contribution in [1.29, 1.82) is 0 Å². The van der Waals surface area contributed by atoms with Gasteiger partial charge in [0, 0.05) is 25.7 Å². The Morgan fingerprint density at radius 3 is 2.76 bits per heavy atom. The second-order valence-electron chi connectivity index (χ2n) is 5.16. The normalized spacial score (nSPS) is 28.8. The van der Waals surface area contributed by atoms with E-state index in [0.717, 1.165) is 32.5 Å². The van der Waals surface area contributed by atoms with Gasteiger partial charge in [0.1, 0.15) is 0 Å². The molecule has 0 spiro atoms. The lowest BCUT2D eigenvalue weighted by Crippen LogP contribution is -2.43. The van der Waals surface area contributed by atoms with Gasteiger partial charge in [-0.3, -0.25) is 9.69 Å². The fourth-order valence-corrected chi connectivity index (χ4v) is 2.90. The number of nitrogens with zero attached hydrogens (tertiary/aromatic N) is 1. The average molecular weight is 230 g/mol. The molecule has 3 heterocycles. The van der Waals surface area contributed by atoms with Gasteiger partial charge in [0.2, 0.25) is 5.91 Å². The van der Waals surface area contributed by atoms with Crippen LogP contribution >= 0.6 is 0 Å². The van der Waals surface area contributed by atoms with Crippen LogP contribution in [0.15, 0.2) is 30.3 Å². The fraction of sp³-hybridized carbons (Fsp3) is 0.500. The number of fused-ring (bicyclic) bond motifs is 4. The average Bonchev–Trinajstić information content (AvgIpc) is 2.60. The third-order valence-electron chi connectivity index (χ3n) is 3.79. The number of nitrogens with one attached hydrogen (secondary N) is 1. The summed E-state index contributed by atoms with van der Waals surface area (Å²) in [4.78, 5) is 14.1. The maximum absolute atomic E-state index is 11.7. The molecule has 0 unspecified atom stereocenters. The molecule has 0 aliphatic carbocycles. The highest BCUT2D eigenvalue weighted by atomic mass is 16.2. The lowest BCUT2D eigenvalue weighted by Gasteiger charge is -2.23. The van der Waals surface area contributed by atoms with E-state index in [-0.39, 0.29) is 11.8 Å². The first kappa shape index (κ1) is 10.8. The Bertz CT molecular complexity index is 404. The molecule has 1 N–H and O–H groups in total. The lowest BCUT2D eigenvalue weighted by molar-refractivity contribution is -0.126. The van der Waals surface area contributed by atoms with Gasteiger partial charge in [-0.05, 0) is 18.4 Å². The van der Waals surface area contributed by atoms with E-state index < -0.39 is 0 Å². The number of hydrogen-bond acceptors (Lipinski definition) is 2. The molecule has 0 aromatic heterocycles. The number of carbonyl (C=O) groups excluding carboxylic acids is 1. The second kappa shape index (κ2) is 4.49. The molecular formula is C14H18N2O. The van der Waals surface area contributed by atoms with Gasteiger partial charge >= 0.3 is 0 Å². The van der Waals surface area contributed by atoms with Crippen molar-refractivity contribution in [3.8, 4) is 0 Å². The Labute approximate surface area is 102 Å². The van der Waals surface area contributed by atoms with Crippen molar-refractivity contribution in [1.82, 2.24) is 10.2 Å². The van der Waals surface area contributed by atoms with Crippen molar-refractivity contribution in [2.24, 2.45) is 5.92 Å². The number of benzene rings is 1. The van der Waals surface area contributed by atoms with Gasteiger partial charge in [-0.15, -0.1) is 0 Å². The summed E-state index contributed by atoms with van der Waals surface area (Å²) >= 11 is 0. The van der Waals surface area contributed by atoms with Crippen LogP contribution in [0.25, 0.3) is 0 Å². The molecule has 3 heteroatoms. The van der Waals surface area contributed by atoms with Crippen molar-refractivity contribution in [2.45, 2.75) is 25.4 Å². The van der Waals surface area contributed by atoms with Crippen LogP contribution in [0.4, 0.5) is 0 Å². The highest BCUT2D eigenvalue weighted by Gasteiger charge is 2.34. The van der Waals surface area contributed by atoms with Crippen molar-refractivity contribution >= 4 is 5.91 Å². The fourth-order valence-electron chi connectivity index (χ4n) is 2.90. The van der Waals surface area contributed by atoms with Crippen LogP contribution in [0.1, 0.15) is 18.4 Å². The van der Waals surface area contributed by atoms with E-state index in [0.29, 0.717) is 6.04 Å². The second-order valence-corrected chi connectivity index (χ2v) is 5.16. The van der Waals surface area contributed by atoms with Crippen molar-refractivity contribution in [2.75, 3.05) is 13.1 Å². The molecule has 0 saturated carbocycles. The van der Waals surface area contributed by atoms with Crippen LogP contribution in [0.2, 0.25) is 0 Å². The molecule has 3 nitrogen and oxygen atoms in total. The predicted octanol–water partition coefficient (Wildman–Crippen LogP) is 1.40. The van der Waals surface area contributed by atoms with Gasteiger partial charge < -0.3 is 5.32 Å². The van der Waals surface area contributed by atoms with Crippen LogP contribution < -0.4 is 5.32 Å². The SMILES string of the molecule is O=C1N[C@@H]2CC[C@@H]1CN(Cc1ccccc1)C2. The molecule has 0 radical (unpaired) electrons. The first-order chi connectivity index (χ1) is 8.31. The zero-order chi connectivity index (χ0) is 11.7. The number of piperidine rings is 1. The zero-order valence-electron chi connectivity index (χ0n) is 9.93. The molecule has 2 atom stereocenters. The van der Waals surface area contributed by atoms with Gasteiger partial charge in [0.25, 0.3) is 0 Å². The predicted molar refractivity (Wildman–Crippen MR) is 66.4 cm³/mol. The Hall–Kier alpha value is -1.35. The summed E-state index contributed by atoms with van der Waals surface area (Å²) in [6.45, 7) is 2.87. The molecule has 3 fully saturated rings. The van der Waals surface area contributed by atoms with Crippen LogP contribution in [0.3, 0.4) is 0 Å².